The van der Waals surface area contributed by atoms with E-state index in [1.54, 1.807) is 0 Å². The Morgan fingerprint density at radius 3 is 2.39 bits per heavy atom. The summed E-state index contributed by atoms with van der Waals surface area (Å²) in [5, 5.41) is 32.5. The standard InChI is InChI=1S/C27H45NO7S/c1-15(4-7-24(32)28-13-18(14-28)36(33,34)35)19-5-6-20-25-21(12-23(31)27(19,20)3)26(2)9-8-17(29)10-16(26)11-22(25)30/h15-23,25,29-31H,4-14H2,1-3H3,(H,33,34,35)/t15-,16+,17-,19-,20+,21+,22-,23+,25+,26+,27-/m1/s1. The molecule has 5 rings (SSSR count). The number of rotatable bonds is 5. The van der Waals surface area contributed by atoms with Gasteiger partial charge in [0.15, 0.2) is 0 Å². The van der Waals surface area contributed by atoms with Crippen molar-refractivity contribution in [1.82, 2.24) is 4.90 Å². The molecule has 4 N–H and O–H groups in total. The van der Waals surface area contributed by atoms with Crippen LogP contribution in [-0.4, -0.2) is 75.7 Å². The fourth-order valence-electron chi connectivity index (χ4n) is 9.67. The molecule has 4 saturated carbocycles. The first-order chi connectivity index (χ1) is 16.8. The van der Waals surface area contributed by atoms with Gasteiger partial charge in [0.1, 0.15) is 5.25 Å². The molecule has 5 fully saturated rings. The van der Waals surface area contributed by atoms with Crippen LogP contribution in [0.5, 0.6) is 0 Å². The minimum Gasteiger partial charge on any atom is -0.393 e. The Morgan fingerprint density at radius 2 is 1.72 bits per heavy atom. The number of aliphatic hydroxyl groups excluding tert-OH is 3. The van der Waals surface area contributed by atoms with E-state index in [4.69, 9.17) is 4.55 Å². The zero-order valence-electron chi connectivity index (χ0n) is 21.9. The highest BCUT2D eigenvalue weighted by Crippen LogP contribution is 2.68. The Kier molecular flexibility index (Phi) is 6.85. The summed E-state index contributed by atoms with van der Waals surface area (Å²) in [4.78, 5) is 14.1. The third-order valence-corrected chi connectivity index (χ3v) is 13.1. The second-order valence-electron chi connectivity index (χ2n) is 13.5. The smallest absolute Gasteiger partial charge is 0.271 e. The Hall–Kier alpha value is -0.740. The van der Waals surface area contributed by atoms with Gasteiger partial charge in [-0.1, -0.05) is 20.8 Å². The highest BCUT2D eigenvalue weighted by atomic mass is 32.2. The summed E-state index contributed by atoms with van der Waals surface area (Å²) in [7, 11) is -4.09. The highest BCUT2D eigenvalue weighted by Gasteiger charge is 2.65. The molecule has 11 atom stereocenters. The quantitative estimate of drug-likeness (QED) is 0.403. The predicted molar refractivity (Wildman–Crippen MR) is 134 cm³/mol. The van der Waals surface area contributed by atoms with Crippen LogP contribution in [-0.2, 0) is 14.9 Å². The molecule has 0 radical (unpaired) electrons. The molecule has 5 aliphatic rings. The van der Waals surface area contributed by atoms with E-state index in [0.717, 1.165) is 38.5 Å². The zero-order chi connectivity index (χ0) is 26.2. The number of likely N-dealkylation sites (tertiary alicyclic amines) is 1. The van der Waals surface area contributed by atoms with E-state index < -0.39 is 27.6 Å². The number of fused-ring (bicyclic) bond motifs is 5. The second-order valence-corrected chi connectivity index (χ2v) is 15.2. The number of amides is 1. The molecule has 1 aliphatic heterocycles. The maximum Gasteiger partial charge on any atom is 0.271 e. The predicted octanol–water partition coefficient (Wildman–Crippen LogP) is 2.46. The Labute approximate surface area is 215 Å². The fraction of sp³-hybridized carbons (Fsp3) is 0.963. The van der Waals surface area contributed by atoms with Crippen LogP contribution in [0.2, 0.25) is 0 Å². The van der Waals surface area contributed by atoms with Gasteiger partial charge in [-0.3, -0.25) is 9.35 Å². The van der Waals surface area contributed by atoms with Gasteiger partial charge in [0, 0.05) is 19.5 Å². The van der Waals surface area contributed by atoms with Gasteiger partial charge >= 0.3 is 0 Å². The molecule has 0 aromatic carbocycles. The van der Waals surface area contributed by atoms with Crippen LogP contribution in [0.3, 0.4) is 0 Å². The monoisotopic (exact) mass is 527 g/mol. The van der Waals surface area contributed by atoms with Crippen molar-refractivity contribution in [2.75, 3.05) is 13.1 Å². The molecule has 4 aliphatic carbocycles. The third kappa shape index (κ3) is 4.16. The molecule has 0 unspecified atom stereocenters. The van der Waals surface area contributed by atoms with Crippen LogP contribution in [0.1, 0.15) is 78.6 Å². The fourth-order valence-corrected chi connectivity index (χ4v) is 10.4. The molecular weight excluding hydrogens is 482 g/mol. The molecule has 0 aromatic heterocycles. The van der Waals surface area contributed by atoms with Gasteiger partial charge in [0.2, 0.25) is 5.91 Å². The van der Waals surface area contributed by atoms with E-state index in [1.165, 1.54) is 4.90 Å². The summed E-state index contributed by atoms with van der Waals surface area (Å²) in [5.74, 6) is 1.41. The first kappa shape index (κ1) is 26.9. The maximum atomic E-state index is 12.6. The van der Waals surface area contributed by atoms with Crippen molar-refractivity contribution in [1.29, 1.82) is 0 Å². The summed E-state index contributed by atoms with van der Waals surface area (Å²) in [5.41, 5.74) is -0.243. The van der Waals surface area contributed by atoms with Gasteiger partial charge in [0.25, 0.3) is 10.1 Å². The minimum absolute atomic E-state index is 0.0543. The van der Waals surface area contributed by atoms with Gasteiger partial charge in [-0.15, -0.1) is 0 Å². The van der Waals surface area contributed by atoms with Crippen molar-refractivity contribution >= 4 is 16.0 Å². The SMILES string of the molecule is C[C@H](CCC(=O)N1CC(S(=O)(=O)O)C1)[C@H]1CC[C@H]2[C@@H]3[C@H](O)C[C@@H]4C[C@H](O)CC[C@]4(C)[C@H]3C[C@H](O)[C@]12C. The second kappa shape index (κ2) is 9.18. The van der Waals surface area contributed by atoms with E-state index in [9.17, 15) is 28.5 Å². The lowest BCUT2D eigenvalue weighted by Gasteiger charge is -2.63. The number of hydrogen-bond acceptors (Lipinski definition) is 6. The van der Waals surface area contributed by atoms with Gasteiger partial charge in [-0.2, -0.15) is 8.42 Å². The highest BCUT2D eigenvalue weighted by molar-refractivity contribution is 7.86. The number of nitrogens with zero attached hydrogens (tertiary/aromatic N) is 1. The molecule has 8 nitrogen and oxygen atoms in total. The van der Waals surface area contributed by atoms with Crippen molar-refractivity contribution in [2.24, 2.45) is 46.3 Å². The van der Waals surface area contributed by atoms with E-state index >= 15 is 0 Å². The summed E-state index contributed by atoms with van der Waals surface area (Å²) >= 11 is 0. The lowest BCUT2D eigenvalue weighted by Crippen LogP contribution is -2.62. The lowest BCUT2D eigenvalue weighted by atomic mass is 9.43. The Bertz CT molecular complexity index is 967. The van der Waals surface area contributed by atoms with Gasteiger partial charge in [-0.05, 0) is 97.7 Å². The van der Waals surface area contributed by atoms with Crippen molar-refractivity contribution in [2.45, 2.75) is 102 Å². The van der Waals surface area contributed by atoms with E-state index in [0.29, 0.717) is 25.2 Å². The van der Waals surface area contributed by atoms with Crippen molar-refractivity contribution in [3.05, 3.63) is 0 Å². The average Bonchev–Trinajstić information content (AvgIpc) is 3.10. The Balaban J connectivity index is 1.26. The summed E-state index contributed by atoms with van der Waals surface area (Å²) < 4.78 is 31.6. The average molecular weight is 528 g/mol. The van der Waals surface area contributed by atoms with E-state index in [-0.39, 0.29) is 65.5 Å². The number of carbonyl (C=O) groups excluding carboxylic acids is 1. The molecule has 1 heterocycles. The maximum absolute atomic E-state index is 12.6. The third-order valence-electron chi connectivity index (χ3n) is 12.0. The van der Waals surface area contributed by atoms with E-state index in [1.807, 2.05) is 0 Å². The van der Waals surface area contributed by atoms with Gasteiger partial charge in [-0.25, -0.2) is 0 Å². The number of hydrogen-bond donors (Lipinski definition) is 4. The van der Waals surface area contributed by atoms with Crippen LogP contribution in [0, 0.1) is 46.3 Å². The van der Waals surface area contributed by atoms with Crippen LogP contribution >= 0.6 is 0 Å². The summed E-state index contributed by atoms with van der Waals surface area (Å²) in [6, 6.07) is 0. The molecule has 9 heteroatoms. The van der Waals surface area contributed by atoms with E-state index in [2.05, 4.69) is 20.8 Å². The largest absolute Gasteiger partial charge is 0.393 e. The summed E-state index contributed by atoms with van der Waals surface area (Å²) in [6.07, 6.45) is 5.82. The zero-order valence-corrected chi connectivity index (χ0v) is 22.7. The molecule has 0 aromatic rings. The molecular formula is C27H45NO7S. The minimum atomic E-state index is -4.09. The van der Waals surface area contributed by atoms with Crippen LogP contribution in [0.25, 0.3) is 0 Å². The molecule has 206 valence electrons. The lowest BCUT2D eigenvalue weighted by molar-refractivity contribution is -0.207. The van der Waals surface area contributed by atoms with Crippen LogP contribution in [0.4, 0.5) is 0 Å². The molecule has 1 amide bonds. The normalized spacial score (nSPS) is 47.9. The summed E-state index contributed by atoms with van der Waals surface area (Å²) in [6.45, 7) is 6.84. The first-order valence-electron chi connectivity index (χ1n) is 14.0. The van der Waals surface area contributed by atoms with Crippen LogP contribution in [0.15, 0.2) is 0 Å². The van der Waals surface area contributed by atoms with Crippen LogP contribution < -0.4 is 0 Å². The van der Waals surface area contributed by atoms with Crippen molar-refractivity contribution in [3.63, 3.8) is 0 Å². The van der Waals surface area contributed by atoms with Crippen molar-refractivity contribution in [3.8, 4) is 0 Å². The Morgan fingerprint density at radius 1 is 1.03 bits per heavy atom. The molecule has 0 spiro atoms. The molecule has 0 bridgehead atoms. The topological polar surface area (TPSA) is 135 Å². The number of aliphatic hydroxyl groups is 3. The first-order valence-corrected chi connectivity index (χ1v) is 15.5. The van der Waals surface area contributed by atoms with Gasteiger partial charge < -0.3 is 20.2 Å². The number of carbonyl (C=O) groups is 1. The van der Waals surface area contributed by atoms with Gasteiger partial charge in [0.05, 0.1) is 18.3 Å². The molecule has 1 saturated heterocycles. The van der Waals surface area contributed by atoms with Crippen molar-refractivity contribution < 1.29 is 33.1 Å². The molecule has 36 heavy (non-hydrogen) atoms.